The lowest BCUT2D eigenvalue weighted by atomic mass is 10.0. The molecule has 0 radical (unpaired) electrons. The molecule has 26 heavy (non-hydrogen) atoms. The minimum absolute atomic E-state index is 0.0982. The summed E-state index contributed by atoms with van der Waals surface area (Å²) in [5.41, 5.74) is 2.87. The van der Waals surface area contributed by atoms with Gasteiger partial charge < -0.3 is 14.6 Å². The van der Waals surface area contributed by atoms with Gasteiger partial charge in [0.05, 0.1) is 30.2 Å². The number of nitrogens with zero attached hydrogens (tertiary/aromatic N) is 3. The van der Waals surface area contributed by atoms with Crippen LogP contribution in [-0.4, -0.2) is 33.9 Å². The number of piperidine rings is 1. The number of aliphatic hydroxyl groups is 1. The quantitative estimate of drug-likeness (QED) is 0.700. The zero-order valence-electron chi connectivity index (χ0n) is 14.4. The number of para-hydroxylation sites is 2. The standard InChI is InChI=1S/C20H21Cl2N3O/c21-16-7-5-8-17(22)15(16)12-25-19-10-2-1-9-18(19)23-20(25)24-11-4-3-6-14(24)13-26/h1-2,5,7-10,14,26H,3-4,6,11-13H2. The smallest absolute Gasteiger partial charge is 0.207 e. The Morgan fingerprint density at radius 1 is 1.04 bits per heavy atom. The minimum Gasteiger partial charge on any atom is -0.394 e. The first-order valence-corrected chi connectivity index (χ1v) is 9.70. The Bertz CT molecular complexity index is 904. The van der Waals surface area contributed by atoms with E-state index < -0.39 is 0 Å². The van der Waals surface area contributed by atoms with E-state index in [2.05, 4.69) is 15.5 Å². The largest absolute Gasteiger partial charge is 0.394 e. The minimum atomic E-state index is 0.0982. The number of halogens is 2. The third-order valence-corrected chi connectivity index (χ3v) is 5.82. The average Bonchev–Trinajstić information content (AvgIpc) is 3.03. The van der Waals surface area contributed by atoms with Crippen LogP contribution < -0.4 is 4.90 Å². The van der Waals surface area contributed by atoms with Crippen LogP contribution in [0.25, 0.3) is 11.0 Å². The van der Waals surface area contributed by atoms with Crippen LogP contribution in [0.15, 0.2) is 42.5 Å². The van der Waals surface area contributed by atoms with E-state index in [0.29, 0.717) is 16.6 Å². The summed E-state index contributed by atoms with van der Waals surface area (Å²) in [7, 11) is 0. The van der Waals surface area contributed by atoms with Gasteiger partial charge in [-0.2, -0.15) is 0 Å². The number of benzene rings is 2. The molecule has 4 nitrogen and oxygen atoms in total. The Balaban J connectivity index is 1.84. The lowest BCUT2D eigenvalue weighted by Gasteiger charge is -2.35. The fraction of sp³-hybridized carbons (Fsp3) is 0.350. The molecular weight excluding hydrogens is 369 g/mol. The first kappa shape index (κ1) is 17.7. The highest BCUT2D eigenvalue weighted by atomic mass is 35.5. The normalized spacial score (nSPS) is 17.8. The molecule has 1 unspecified atom stereocenters. The van der Waals surface area contributed by atoms with E-state index in [9.17, 15) is 5.11 Å². The molecule has 1 aliphatic heterocycles. The summed E-state index contributed by atoms with van der Waals surface area (Å²) >= 11 is 12.8. The van der Waals surface area contributed by atoms with Crippen LogP contribution >= 0.6 is 23.2 Å². The predicted molar refractivity (Wildman–Crippen MR) is 107 cm³/mol. The second-order valence-electron chi connectivity index (χ2n) is 6.71. The fourth-order valence-corrected chi connectivity index (χ4v) is 4.25. The molecule has 1 N–H and O–H groups in total. The van der Waals surface area contributed by atoms with Crippen molar-refractivity contribution in [1.29, 1.82) is 0 Å². The molecule has 4 rings (SSSR count). The van der Waals surface area contributed by atoms with Crippen LogP contribution in [-0.2, 0) is 6.54 Å². The van der Waals surface area contributed by atoms with Crippen molar-refractivity contribution in [3.05, 3.63) is 58.1 Å². The van der Waals surface area contributed by atoms with Crippen molar-refractivity contribution in [1.82, 2.24) is 9.55 Å². The zero-order valence-corrected chi connectivity index (χ0v) is 15.9. The van der Waals surface area contributed by atoms with Gasteiger partial charge in [-0.05, 0) is 43.5 Å². The van der Waals surface area contributed by atoms with Gasteiger partial charge in [0.2, 0.25) is 5.95 Å². The van der Waals surface area contributed by atoms with Crippen molar-refractivity contribution in [3.8, 4) is 0 Å². The molecule has 0 saturated carbocycles. The second kappa shape index (κ2) is 7.47. The molecule has 1 aliphatic rings. The molecule has 3 aromatic rings. The van der Waals surface area contributed by atoms with Crippen LogP contribution in [0.4, 0.5) is 5.95 Å². The monoisotopic (exact) mass is 389 g/mol. The number of hydrogen-bond acceptors (Lipinski definition) is 3. The van der Waals surface area contributed by atoms with Gasteiger partial charge in [-0.3, -0.25) is 0 Å². The van der Waals surface area contributed by atoms with E-state index in [1.54, 1.807) is 0 Å². The van der Waals surface area contributed by atoms with Crippen LogP contribution in [0.5, 0.6) is 0 Å². The Morgan fingerprint density at radius 3 is 2.58 bits per heavy atom. The molecule has 0 aliphatic carbocycles. The maximum atomic E-state index is 9.85. The number of fused-ring (bicyclic) bond motifs is 1. The highest BCUT2D eigenvalue weighted by Gasteiger charge is 2.27. The summed E-state index contributed by atoms with van der Waals surface area (Å²) in [6.07, 6.45) is 3.22. The van der Waals surface area contributed by atoms with Gasteiger partial charge in [-0.15, -0.1) is 0 Å². The van der Waals surface area contributed by atoms with Gasteiger partial charge in [0.25, 0.3) is 0 Å². The van der Waals surface area contributed by atoms with E-state index >= 15 is 0 Å². The predicted octanol–water partition coefficient (Wildman–Crippen LogP) is 4.74. The number of hydrogen-bond donors (Lipinski definition) is 1. The Labute approximate surface area is 163 Å². The van der Waals surface area contributed by atoms with E-state index in [4.69, 9.17) is 28.2 Å². The average molecular weight is 390 g/mol. The summed E-state index contributed by atoms with van der Waals surface area (Å²) in [6.45, 7) is 1.57. The lowest BCUT2D eigenvalue weighted by molar-refractivity contribution is 0.238. The Kier molecular flexibility index (Phi) is 5.07. The van der Waals surface area contributed by atoms with Crippen molar-refractivity contribution >= 4 is 40.2 Å². The maximum Gasteiger partial charge on any atom is 0.207 e. The maximum absolute atomic E-state index is 9.85. The van der Waals surface area contributed by atoms with Gasteiger partial charge in [-0.25, -0.2) is 4.98 Å². The van der Waals surface area contributed by atoms with Crippen molar-refractivity contribution in [3.63, 3.8) is 0 Å². The molecule has 0 spiro atoms. The highest BCUT2D eigenvalue weighted by molar-refractivity contribution is 6.36. The van der Waals surface area contributed by atoms with Crippen molar-refractivity contribution in [2.75, 3.05) is 18.1 Å². The number of rotatable bonds is 4. The zero-order chi connectivity index (χ0) is 18.1. The molecule has 1 atom stereocenters. The number of aliphatic hydroxyl groups excluding tert-OH is 1. The van der Waals surface area contributed by atoms with Crippen LogP contribution in [0.3, 0.4) is 0 Å². The van der Waals surface area contributed by atoms with Gasteiger partial charge in [0.1, 0.15) is 0 Å². The topological polar surface area (TPSA) is 41.3 Å². The molecule has 2 aromatic carbocycles. The SMILES string of the molecule is OCC1CCCCN1c1nc2ccccc2n1Cc1c(Cl)cccc1Cl. The fourth-order valence-electron chi connectivity index (χ4n) is 3.73. The van der Waals surface area contributed by atoms with Gasteiger partial charge >= 0.3 is 0 Å². The van der Waals surface area contributed by atoms with Crippen LogP contribution in [0.1, 0.15) is 24.8 Å². The van der Waals surface area contributed by atoms with Gasteiger partial charge in [0, 0.05) is 22.2 Å². The molecular formula is C20H21Cl2N3O. The summed E-state index contributed by atoms with van der Waals surface area (Å²) in [5, 5.41) is 11.1. The molecule has 136 valence electrons. The van der Waals surface area contributed by atoms with Crippen molar-refractivity contribution in [2.24, 2.45) is 0 Å². The Morgan fingerprint density at radius 2 is 1.81 bits per heavy atom. The third kappa shape index (κ3) is 3.18. The van der Waals surface area contributed by atoms with Gasteiger partial charge in [0.15, 0.2) is 0 Å². The van der Waals surface area contributed by atoms with E-state index in [-0.39, 0.29) is 12.6 Å². The van der Waals surface area contributed by atoms with E-state index in [1.165, 1.54) is 0 Å². The number of anilines is 1. The van der Waals surface area contributed by atoms with Gasteiger partial charge in [-0.1, -0.05) is 41.4 Å². The van der Waals surface area contributed by atoms with Crippen LogP contribution in [0, 0.1) is 0 Å². The van der Waals surface area contributed by atoms with Crippen LogP contribution in [0.2, 0.25) is 10.0 Å². The molecule has 0 bridgehead atoms. The molecule has 1 aromatic heterocycles. The van der Waals surface area contributed by atoms with E-state index in [1.807, 2.05) is 36.4 Å². The molecule has 6 heteroatoms. The summed E-state index contributed by atoms with van der Waals surface area (Å²) in [6, 6.07) is 13.8. The molecule has 1 saturated heterocycles. The summed E-state index contributed by atoms with van der Waals surface area (Å²) < 4.78 is 2.16. The number of imidazole rings is 1. The first-order chi connectivity index (χ1) is 12.7. The highest BCUT2D eigenvalue weighted by Crippen LogP contribution is 2.32. The third-order valence-electron chi connectivity index (χ3n) is 5.11. The molecule has 2 heterocycles. The Hall–Kier alpha value is -1.75. The number of aromatic nitrogens is 2. The molecule has 0 amide bonds. The van der Waals surface area contributed by atoms with Crippen molar-refractivity contribution in [2.45, 2.75) is 31.8 Å². The second-order valence-corrected chi connectivity index (χ2v) is 7.53. The lowest BCUT2D eigenvalue weighted by Crippen LogP contribution is -2.43. The van der Waals surface area contributed by atoms with Crippen molar-refractivity contribution < 1.29 is 5.11 Å². The first-order valence-electron chi connectivity index (χ1n) is 8.94. The summed E-state index contributed by atoms with van der Waals surface area (Å²) in [4.78, 5) is 7.11. The summed E-state index contributed by atoms with van der Waals surface area (Å²) in [5.74, 6) is 0.876. The molecule has 1 fully saturated rings. The van der Waals surface area contributed by atoms with E-state index in [0.717, 1.165) is 48.4 Å².